The molecule has 1 aromatic carbocycles. The van der Waals surface area contributed by atoms with Crippen LogP contribution in [0.5, 0.6) is 5.88 Å². The van der Waals surface area contributed by atoms with E-state index in [0.29, 0.717) is 47.5 Å². The summed E-state index contributed by atoms with van der Waals surface area (Å²) < 4.78 is 56.3. The van der Waals surface area contributed by atoms with Crippen LogP contribution in [0.25, 0.3) is 21.9 Å². The molecular formula is C29H29F3N4O3. The average molecular weight is 539 g/mol. The van der Waals surface area contributed by atoms with Crippen molar-refractivity contribution in [2.24, 2.45) is 7.05 Å². The zero-order chi connectivity index (χ0) is 27.4. The molecule has 204 valence electrons. The number of pyridine rings is 3. The fourth-order valence-corrected chi connectivity index (χ4v) is 6.09. The van der Waals surface area contributed by atoms with Crippen molar-refractivity contribution in [2.45, 2.75) is 56.2 Å². The second kappa shape index (κ2) is 9.60. The van der Waals surface area contributed by atoms with Gasteiger partial charge in [0.15, 0.2) is 0 Å². The van der Waals surface area contributed by atoms with Crippen LogP contribution in [-0.4, -0.2) is 39.4 Å². The molecule has 0 amide bonds. The van der Waals surface area contributed by atoms with E-state index in [1.807, 2.05) is 0 Å². The van der Waals surface area contributed by atoms with Gasteiger partial charge in [-0.2, -0.15) is 0 Å². The van der Waals surface area contributed by atoms with E-state index in [9.17, 15) is 18.0 Å². The number of fused-ring (bicyclic) bond motifs is 5. The minimum absolute atomic E-state index is 0.0441. The number of halogens is 3. The quantitative estimate of drug-likeness (QED) is 0.367. The lowest BCUT2D eigenvalue weighted by molar-refractivity contribution is -0.165. The lowest BCUT2D eigenvalue weighted by Crippen LogP contribution is -2.61. The molecule has 7 rings (SSSR count). The number of benzene rings is 1. The van der Waals surface area contributed by atoms with Crippen LogP contribution in [0.15, 0.2) is 41.3 Å². The Kier molecular flexibility index (Phi) is 6.34. The second-order valence-electron chi connectivity index (χ2n) is 10.7. The van der Waals surface area contributed by atoms with E-state index >= 15 is 0 Å². The van der Waals surface area contributed by atoms with Crippen molar-refractivity contribution >= 4 is 21.9 Å². The van der Waals surface area contributed by atoms with Crippen molar-refractivity contribution in [2.75, 3.05) is 13.7 Å². The van der Waals surface area contributed by atoms with Crippen LogP contribution in [0, 0.1) is 17.5 Å². The predicted molar refractivity (Wildman–Crippen MR) is 140 cm³/mol. The first-order valence-electron chi connectivity index (χ1n) is 13.1. The third kappa shape index (κ3) is 4.45. The predicted octanol–water partition coefficient (Wildman–Crippen LogP) is 4.71. The summed E-state index contributed by atoms with van der Waals surface area (Å²) in [6.07, 6.45) is 5.58. The maximum absolute atomic E-state index is 14.8. The average Bonchev–Trinajstić information content (AvgIpc) is 2.96. The van der Waals surface area contributed by atoms with Gasteiger partial charge in [-0.3, -0.25) is 9.78 Å². The summed E-state index contributed by atoms with van der Waals surface area (Å²) in [5.41, 5.74) is 0.912. The standard InChI is InChI=1S/C29H29F3N4O3/c1-36-26-19(20(30)3-4-21(26)31)13-17(27(36)37)14-34-28-9-11-29(12-10-28,39-16-28)8-7-18-22(32)15-33-23-5-6-24(38-2)35-25(18)23/h3-6,13,15,34H,7-12,14,16H2,1-2H3. The van der Waals surface area contributed by atoms with Crippen LogP contribution >= 0.6 is 0 Å². The smallest absolute Gasteiger partial charge is 0.255 e. The zero-order valence-corrected chi connectivity index (χ0v) is 21.8. The van der Waals surface area contributed by atoms with Gasteiger partial charge in [0.25, 0.3) is 5.56 Å². The molecule has 39 heavy (non-hydrogen) atoms. The molecule has 1 N–H and O–H groups in total. The number of ether oxygens (including phenoxy) is 2. The summed E-state index contributed by atoms with van der Waals surface area (Å²) in [6.45, 7) is 0.673. The van der Waals surface area contributed by atoms with Gasteiger partial charge in [0.2, 0.25) is 5.88 Å². The largest absolute Gasteiger partial charge is 0.481 e. The molecule has 5 heterocycles. The van der Waals surface area contributed by atoms with Gasteiger partial charge in [-0.25, -0.2) is 18.2 Å². The van der Waals surface area contributed by atoms with Crippen LogP contribution in [0.3, 0.4) is 0 Å². The summed E-state index contributed by atoms with van der Waals surface area (Å²) in [6, 6.07) is 7.01. The Bertz CT molecular complexity index is 1630. The first kappa shape index (κ1) is 25.8. The lowest BCUT2D eigenvalue weighted by atomic mass is 9.69. The molecule has 1 saturated carbocycles. The molecule has 0 atom stereocenters. The van der Waals surface area contributed by atoms with Crippen molar-refractivity contribution in [3.8, 4) is 5.88 Å². The highest BCUT2D eigenvalue weighted by Crippen LogP contribution is 2.46. The van der Waals surface area contributed by atoms with Gasteiger partial charge >= 0.3 is 0 Å². The molecular weight excluding hydrogens is 509 g/mol. The summed E-state index contributed by atoms with van der Waals surface area (Å²) in [5, 5.41) is 3.58. The minimum Gasteiger partial charge on any atom is -0.481 e. The van der Waals surface area contributed by atoms with Gasteiger partial charge in [0, 0.05) is 41.7 Å². The van der Waals surface area contributed by atoms with Crippen LogP contribution in [0.1, 0.15) is 43.2 Å². The molecule has 0 spiro atoms. The van der Waals surface area contributed by atoms with Crippen molar-refractivity contribution in [1.29, 1.82) is 0 Å². The van der Waals surface area contributed by atoms with E-state index in [1.165, 1.54) is 26.4 Å². The molecule has 3 aromatic heterocycles. The lowest BCUT2D eigenvalue weighted by Gasteiger charge is -2.53. The Morgan fingerprint density at radius 1 is 1.08 bits per heavy atom. The molecule has 10 heteroatoms. The summed E-state index contributed by atoms with van der Waals surface area (Å²) in [4.78, 5) is 21.5. The van der Waals surface area contributed by atoms with Gasteiger partial charge in [-0.15, -0.1) is 0 Å². The Morgan fingerprint density at radius 2 is 1.85 bits per heavy atom. The summed E-state index contributed by atoms with van der Waals surface area (Å²) in [5.74, 6) is -1.19. The molecule has 4 aromatic rings. The maximum Gasteiger partial charge on any atom is 0.255 e. The van der Waals surface area contributed by atoms with Gasteiger partial charge in [0.1, 0.15) is 17.5 Å². The van der Waals surface area contributed by atoms with Crippen molar-refractivity contribution < 1.29 is 22.6 Å². The second-order valence-corrected chi connectivity index (χ2v) is 10.7. The van der Waals surface area contributed by atoms with Gasteiger partial charge in [-0.05, 0) is 62.8 Å². The maximum atomic E-state index is 14.8. The molecule has 1 aliphatic carbocycles. The SMILES string of the molecule is COc1ccc2ncc(F)c(CCC34CCC(NCc5cc6c(F)ccc(F)c6n(C)c5=O)(CC3)CO4)c2n1. The van der Waals surface area contributed by atoms with Crippen LogP contribution in [0.4, 0.5) is 13.2 Å². The van der Waals surface area contributed by atoms with Crippen LogP contribution in [0.2, 0.25) is 0 Å². The van der Waals surface area contributed by atoms with Crippen molar-refractivity contribution in [1.82, 2.24) is 19.9 Å². The number of hydrogen-bond acceptors (Lipinski definition) is 6. The van der Waals surface area contributed by atoms with Crippen molar-refractivity contribution in [3.05, 3.63) is 75.5 Å². The highest BCUT2D eigenvalue weighted by Gasteiger charge is 2.49. The number of methoxy groups -OCH3 is 1. The number of hydrogen-bond donors (Lipinski definition) is 1. The number of nitrogens with zero attached hydrogens (tertiary/aromatic N) is 3. The monoisotopic (exact) mass is 538 g/mol. The number of rotatable bonds is 7. The van der Waals surface area contributed by atoms with E-state index in [2.05, 4.69) is 15.3 Å². The van der Waals surface area contributed by atoms with Gasteiger partial charge < -0.3 is 19.4 Å². The Labute approximate surface area is 223 Å². The van der Waals surface area contributed by atoms with Crippen LogP contribution < -0.4 is 15.6 Å². The highest BCUT2D eigenvalue weighted by molar-refractivity contribution is 5.81. The van der Waals surface area contributed by atoms with Gasteiger partial charge in [-0.1, -0.05) is 0 Å². The topological polar surface area (TPSA) is 78.3 Å². The Hall–Kier alpha value is -3.50. The molecule has 2 bridgehead atoms. The normalized spacial score (nSPS) is 22.6. The van der Waals surface area contributed by atoms with E-state index in [1.54, 1.807) is 12.1 Å². The number of nitrogens with one attached hydrogen (secondary N) is 1. The summed E-state index contributed by atoms with van der Waals surface area (Å²) in [7, 11) is 2.97. The molecule has 2 saturated heterocycles. The van der Waals surface area contributed by atoms with E-state index in [-0.39, 0.29) is 34.1 Å². The van der Waals surface area contributed by atoms with E-state index in [4.69, 9.17) is 9.47 Å². The first-order valence-corrected chi connectivity index (χ1v) is 13.1. The van der Waals surface area contributed by atoms with Gasteiger partial charge in [0.05, 0.1) is 42.1 Å². The fraction of sp³-hybridized carbons (Fsp3) is 0.414. The Morgan fingerprint density at radius 3 is 2.56 bits per heavy atom. The fourth-order valence-electron chi connectivity index (χ4n) is 6.09. The third-order valence-corrected chi connectivity index (χ3v) is 8.55. The van der Waals surface area contributed by atoms with E-state index < -0.39 is 17.5 Å². The molecule has 0 radical (unpaired) electrons. The van der Waals surface area contributed by atoms with Crippen LogP contribution in [-0.2, 0) is 24.8 Å². The zero-order valence-electron chi connectivity index (χ0n) is 21.8. The third-order valence-electron chi connectivity index (χ3n) is 8.55. The Balaban J connectivity index is 1.16. The number of aryl methyl sites for hydroxylation is 2. The minimum atomic E-state index is -0.636. The number of aromatic nitrogens is 3. The molecule has 2 aliphatic heterocycles. The van der Waals surface area contributed by atoms with E-state index in [0.717, 1.165) is 42.4 Å². The first-order chi connectivity index (χ1) is 18.7. The highest BCUT2D eigenvalue weighted by atomic mass is 19.1. The molecule has 7 nitrogen and oxygen atoms in total. The summed E-state index contributed by atoms with van der Waals surface area (Å²) >= 11 is 0. The molecule has 0 unspecified atom stereocenters. The van der Waals surface area contributed by atoms with Crippen molar-refractivity contribution in [3.63, 3.8) is 0 Å². The molecule has 3 aliphatic rings. The molecule has 3 fully saturated rings.